The molecule has 1 aromatic carbocycles. The topological polar surface area (TPSA) is 75.6 Å². The van der Waals surface area contributed by atoms with E-state index in [9.17, 15) is 0 Å². The molecule has 0 saturated carbocycles. The molecule has 6 heteroatoms. The Labute approximate surface area is 129 Å². The van der Waals surface area contributed by atoms with E-state index in [0.29, 0.717) is 17.3 Å². The molecule has 0 aliphatic rings. The summed E-state index contributed by atoms with van der Waals surface area (Å²) in [4.78, 5) is 8.46. The normalized spacial score (nSPS) is 10.3. The third kappa shape index (κ3) is 2.69. The lowest BCUT2D eigenvalue weighted by Crippen LogP contribution is -1.86. The molecule has 0 aliphatic heterocycles. The zero-order valence-electron chi connectivity index (χ0n) is 11.0. The van der Waals surface area contributed by atoms with Crippen LogP contribution in [0.2, 0.25) is 0 Å². The van der Waals surface area contributed by atoms with Gasteiger partial charge in [-0.15, -0.1) is 0 Å². The molecule has 0 N–H and O–H groups in total. The SMILES string of the molecule is Cc1cc(C#N)ccc1-c1nc(-c2cncc(Br)c2)no1. The molecule has 3 rings (SSSR count). The molecule has 0 unspecified atom stereocenters. The molecule has 2 aromatic heterocycles. The van der Waals surface area contributed by atoms with Crippen LogP contribution in [0.1, 0.15) is 11.1 Å². The quantitative estimate of drug-likeness (QED) is 0.710. The van der Waals surface area contributed by atoms with Gasteiger partial charge in [0.15, 0.2) is 0 Å². The summed E-state index contributed by atoms with van der Waals surface area (Å²) < 4.78 is 6.16. The number of halogens is 1. The van der Waals surface area contributed by atoms with Crippen molar-refractivity contribution < 1.29 is 4.52 Å². The summed E-state index contributed by atoms with van der Waals surface area (Å²) in [5.74, 6) is 0.898. The highest BCUT2D eigenvalue weighted by molar-refractivity contribution is 9.10. The maximum Gasteiger partial charge on any atom is 0.258 e. The van der Waals surface area contributed by atoms with E-state index in [4.69, 9.17) is 9.78 Å². The number of nitriles is 1. The lowest BCUT2D eigenvalue weighted by atomic mass is 10.1. The summed E-state index contributed by atoms with van der Waals surface area (Å²) in [7, 11) is 0. The number of aryl methyl sites for hydroxylation is 1. The predicted molar refractivity (Wildman–Crippen MR) is 80.1 cm³/mol. The molecule has 0 amide bonds. The number of rotatable bonds is 2. The molecule has 0 spiro atoms. The maximum atomic E-state index is 8.89. The van der Waals surface area contributed by atoms with Crippen molar-refractivity contribution in [3.8, 4) is 28.9 Å². The van der Waals surface area contributed by atoms with Crippen LogP contribution < -0.4 is 0 Å². The third-order valence-corrected chi connectivity index (χ3v) is 3.41. The average Bonchev–Trinajstić information content (AvgIpc) is 2.96. The van der Waals surface area contributed by atoms with Crippen LogP contribution in [-0.4, -0.2) is 15.1 Å². The number of benzene rings is 1. The molecular formula is C15H9BrN4O. The first kappa shape index (κ1) is 13.5. The van der Waals surface area contributed by atoms with E-state index < -0.39 is 0 Å². The predicted octanol–water partition coefficient (Wildman–Crippen LogP) is 3.74. The van der Waals surface area contributed by atoms with Crippen LogP contribution in [0.3, 0.4) is 0 Å². The van der Waals surface area contributed by atoms with Gasteiger partial charge in [-0.05, 0) is 52.7 Å². The van der Waals surface area contributed by atoms with Crippen LogP contribution in [0.4, 0.5) is 0 Å². The fraction of sp³-hybridized carbons (Fsp3) is 0.0667. The molecule has 102 valence electrons. The van der Waals surface area contributed by atoms with Crippen molar-refractivity contribution in [3.63, 3.8) is 0 Å². The zero-order chi connectivity index (χ0) is 14.8. The molecule has 0 fully saturated rings. The van der Waals surface area contributed by atoms with Crippen molar-refractivity contribution >= 4 is 15.9 Å². The molecule has 3 aromatic rings. The number of hydrogen-bond donors (Lipinski definition) is 0. The first-order valence-electron chi connectivity index (χ1n) is 6.13. The minimum atomic E-state index is 0.423. The van der Waals surface area contributed by atoms with Gasteiger partial charge in [0.2, 0.25) is 5.82 Å². The Kier molecular flexibility index (Phi) is 3.50. The smallest absolute Gasteiger partial charge is 0.258 e. The monoisotopic (exact) mass is 340 g/mol. The van der Waals surface area contributed by atoms with Gasteiger partial charge in [-0.25, -0.2) is 0 Å². The van der Waals surface area contributed by atoms with Crippen molar-refractivity contribution in [2.24, 2.45) is 0 Å². The Balaban J connectivity index is 2.01. The molecule has 0 saturated heterocycles. The Morgan fingerprint density at radius 3 is 2.81 bits per heavy atom. The highest BCUT2D eigenvalue weighted by Crippen LogP contribution is 2.26. The van der Waals surface area contributed by atoms with Crippen molar-refractivity contribution in [3.05, 3.63) is 52.3 Å². The van der Waals surface area contributed by atoms with E-state index in [-0.39, 0.29) is 0 Å². The van der Waals surface area contributed by atoms with Gasteiger partial charge in [0.25, 0.3) is 5.89 Å². The van der Waals surface area contributed by atoms with E-state index in [1.165, 1.54) is 0 Å². The summed E-state index contributed by atoms with van der Waals surface area (Å²) in [6, 6.07) is 9.30. The summed E-state index contributed by atoms with van der Waals surface area (Å²) in [5.41, 5.74) is 3.10. The number of hydrogen-bond acceptors (Lipinski definition) is 5. The first-order valence-corrected chi connectivity index (χ1v) is 6.92. The number of pyridine rings is 1. The number of aromatic nitrogens is 3. The summed E-state index contributed by atoms with van der Waals surface area (Å²) in [6.07, 6.45) is 3.36. The van der Waals surface area contributed by atoms with Crippen LogP contribution in [0.25, 0.3) is 22.8 Å². The van der Waals surface area contributed by atoms with Crippen molar-refractivity contribution in [2.75, 3.05) is 0 Å². The fourth-order valence-electron chi connectivity index (χ4n) is 1.96. The minimum Gasteiger partial charge on any atom is -0.334 e. The molecule has 0 atom stereocenters. The molecule has 0 radical (unpaired) electrons. The van der Waals surface area contributed by atoms with E-state index in [1.807, 2.05) is 19.1 Å². The molecule has 5 nitrogen and oxygen atoms in total. The van der Waals surface area contributed by atoms with Gasteiger partial charge in [0, 0.05) is 28.0 Å². The second-order valence-corrected chi connectivity index (χ2v) is 5.37. The van der Waals surface area contributed by atoms with Gasteiger partial charge in [-0.2, -0.15) is 10.2 Å². The van der Waals surface area contributed by atoms with E-state index in [1.54, 1.807) is 24.5 Å². The second kappa shape index (κ2) is 5.46. The molecule has 21 heavy (non-hydrogen) atoms. The lowest BCUT2D eigenvalue weighted by molar-refractivity contribution is 0.432. The Morgan fingerprint density at radius 2 is 2.10 bits per heavy atom. The van der Waals surface area contributed by atoms with Crippen LogP contribution in [-0.2, 0) is 0 Å². The first-order chi connectivity index (χ1) is 10.2. The van der Waals surface area contributed by atoms with E-state index in [2.05, 4.69) is 37.1 Å². The summed E-state index contributed by atoms with van der Waals surface area (Å²) in [5, 5.41) is 12.9. The fourth-order valence-corrected chi connectivity index (χ4v) is 2.32. The van der Waals surface area contributed by atoms with E-state index >= 15 is 0 Å². The summed E-state index contributed by atoms with van der Waals surface area (Å²) >= 11 is 3.36. The Hall–Kier alpha value is -2.52. The van der Waals surface area contributed by atoms with Gasteiger partial charge >= 0.3 is 0 Å². The number of nitrogens with zero attached hydrogens (tertiary/aromatic N) is 4. The van der Waals surface area contributed by atoms with Gasteiger partial charge in [-0.3, -0.25) is 4.98 Å². The largest absolute Gasteiger partial charge is 0.334 e. The summed E-state index contributed by atoms with van der Waals surface area (Å²) in [6.45, 7) is 1.90. The highest BCUT2D eigenvalue weighted by atomic mass is 79.9. The van der Waals surface area contributed by atoms with Crippen LogP contribution >= 0.6 is 15.9 Å². The molecular weight excluding hydrogens is 332 g/mol. The average molecular weight is 341 g/mol. The van der Waals surface area contributed by atoms with Crippen LogP contribution in [0.15, 0.2) is 45.7 Å². The van der Waals surface area contributed by atoms with E-state index in [0.717, 1.165) is 21.2 Å². The standard InChI is InChI=1S/C15H9BrN4O/c1-9-4-10(6-17)2-3-13(9)15-19-14(20-21-15)11-5-12(16)8-18-7-11/h2-5,7-8H,1H3. The van der Waals surface area contributed by atoms with Gasteiger partial charge < -0.3 is 4.52 Å². The van der Waals surface area contributed by atoms with Gasteiger partial charge in [0.05, 0.1) is 11.6 Å². The maximum absolute atomic E-state index is 8.89. The minimum absolute atomic E-state index is 0.423. The van der Waals surface area contributed by atoms with Gasteiger partial charge in [0.1, 0.15) is 0 Å². The molecule has 0 aliphatic carbocycles. The zero-order valence-corrected chi connectivity index (χ0v) is 12.6. The van der Waals surface area contributed by atoms with Crippen LogP contribution in [0.5, 0.6) is 0 Å². The lowest BCUT2D eigenvalue weighted by Gasteiger charge is -2.00. The Morgan fingerprint density at radius 1 is 1.24 bits per heavy atom. The molecule has 2 heterocycles. The van der Waals surface area contributed by atoms with Gasteiger partial charge in [-0.1, -0.05) is 5.16 Å². The molecule has 0 bridgehead atoms. The van der Waals surface area contributed by atoms with Crippen molar-refractivity contribution in [2.45, 2.75) is 6.92 Å². The van der Waals surface area contributed by atoms with Crippen molar-refractivity contribution in [1.82, 2.24) is 15.1 Å². The second-order valence-electron chi connectivity index (χ2n) is 4.46. The van der Waals surface area contributed by atoms with Crippen molar-refractivity contribution in [1.29, 1.82) is 5.26 Å². The Bertz CT molecular complexity index is 851. The highest BCUT2D eigenvalue weighted by Gasteiger charge is 2.13. The van der Waals surface area contributed by atoms with Crippen LogP contribution in [0, 0.1) is 18.3 Å². The third-order valence-electron chi connectivity index (χ3n) is 2.98.